The molecule has 138 valence electrons. The Morgan fingerprint density at radius 1 is 1.00 bits per heavy atom. The lowest BCUT2D eigenvalue weighted by molar-refractivity contribution is -0.116. The summed E-state index contributed by atoms with van der Waals surface area (Å²) in [5.41, 5.74) is 2.96. The minimum absolute atomic E-state index is 0.0678. The molecule has 0 bridgehead atoms. The predicted octanol–water partition coefficient (Wildman–Crippen LogP) is 4.46. The van der Waals surface area contributed by atoms with Gasteiger partial charge in [-0.3, -0.25) is 4.79 Å². The molecule has 0 atom stereocenters. The fraction of sp³-hybridized carbons (Fsp3) is 0.333. The number of carbonyl (C=O) groups is 2. The van der Waals surface area contributed by atoms with Crippen LogP contribution in [0.15, 0.2) is 54.6 Å². The molecule has 2 N–H and O–H groups in total. The molecule has 2 aromatic rings. The van der Waals surface area contributed by atoms with Crippen molar-refractivity contribution in [2.24, 2.45) is 0 Å². The highest BCUT2D eigenvalue weighted by molar-refractivity contribution is 5.90. The Balaban J connectivity index is 1.60. The lowest BCUT2D eigenvalue weighted by Gasteiger charge is -2.09. The summed E-state index contributed by atoms with van der Waals surface area (Å²) >= 11 is 0. The van der Waals surface area contributed by atoms with Gasteiger partial charge < -0.3 is 15.4 Å². The van der Waals surface area contributed by atoms with E-state index in [9.17, 15) is 9.59 Å². The molecule has 0 saturated carbocycles. The highest BCUT2D eigenvalue weighted by atomic mass is 16.5. The van der Waals surface area contributed by atoms with Crippen LogP contribution in [0.5, 0.6) is 0 Å². The second kappa shape index (κ2) is 10.2. The van der Waals surface area contributed by atoms with E-state index in [1.165, 1.54) is 5.56 Å². The largest absolute Gasteiger partial charge is 0.445 e. The number of hydrogen-bond acceptors (Lipinski definition) is 3. The second-order valence-electron chi connectivity index (χ2n) is 6.42. The van der Waals surface area contributed by atoms with Crippen molar-refractivity contribution in [3.8, 4) is 0 Å². The average molecular weight is 354 g/mol. The van der Waals surface area contributed by atoms with Gasteiger partial charge in [-0.05, 0) is 35.6 Å². The SMILES string of the molecule is CC(C)c1ccc(NC(=O)CCCNC(=O)OCc2ccccc2)cc1. The minimum atomic E-state index is -0.474. The van der Waals surface area contributed by atoms with Crippen molar-refractivity contribution in [1.29, 1.82) is 0 Å². The van der Waals surface area contributed by atoms with Crippen molar-refractivity contribution in [2.75, 3.05) is 11.9 Å². The Morgan fingerprint density at radius 3 is 2.35 bits per heavy atom. The molecule has 0 spiro atoms. The van der Waals surface area contributed by atoms with Crippen LogP contribution in [0.1, 0.15) is 43.7 Å². The first-order valence-corrected chi connectivity index (χ1v) is 8.89. The molecule has 2 rings (SSSR count). The van der Waals surface area contributed by atoms with E-state index in [0.29, 0.717) is 25.3 Å². The Hall–Kier alpha value is -2.82. The molecule has 0 saturated heterocycles. The van der Waals surface area contributed by atoms with Crippen LogP contribution in [0.2, 0.25) is 0 Å². The number of ether oxygens (including phenoxy) is 1. The van der Waals surface area contributed by atoms with Crippen LogP contribution in [0, 0.1) is 0 Å². The van der Waals surface area contributed by atoms with Gasteiger partial charge in [0.05, 0.1) is 0 Å². The number of amides is 2. The molecule has 0 fully saturated rings. The molecule has 0 heterocycles. The van der Waals surface area contributed by atoms with Gasteiger partial charge in [-0.15, -0.1) is 0 Å². The third kappa shape index (κ3) is 6.97. The normalized spacial score (nSPS) is 10.4. The van der Waals surface area contributed by atoms with Crippen molar-refractivity contribution in [3.63, 3.8) is 0 Å². The average Bonchev–Trinajstić information content (AvgIpc) is 2.65. The van der Waals surface area contributed by atoms with Crippen LogP contribution in [-0.4, -0.2) is 18.5 Å². The van der Waals surface area contributed by atoms with Gasteiger partial charge in [-0.1, -0.05) is 56.3 Å². The van der Waals surface area contributed by atoms with Crippen molar-refractivity contribution in [2.45, 2.75) is 39.2 Å². The van der Waals surface area contributed by atoms with Gasteiger partial charge in [0.15, 0.2) is 0 Å². The van der Waals surface area contributed by atoms with E-state index in [-0.39, 0.29) is 12.5 Å². The maximum atomic E-state index is 11.9. The number of rotatable bonds is 8. The maximum Gasteiger partial charge on any atom is 0.407 e. The number of alkyl carbamates (subject to hydrolysis) is 1. The van der Waals surface area contributed by atoms with Gasteiger partial charge >= 0.3 is 6.09 Å². The molecular formula is C21H26N2O3. The summed E-state index contributed by atoms with van der Waals surface area (Å²) in [4.78, 5) is 23.5. The van der Waals surface area contributed by atoms with Gasteiger partial charge in [0, 0.05) is 18.7 Å². The summed E-state index contributed by atoms with van der Waals surface area (Å²) in [5, 5.41) is 5.51. The van der Waals surface area contributed by atoms with E-state index in [4.69, 9.17) is 4.74 Å². The summed E-state index contributed by atoms with van der Waals surface area (Å²) in [6.07, 6.45) is 0.417. The number of anilines is 1. The van der Waals surface area contributed by atoms with Crippen molar-refractivity contribution >= 4 is 17.7 Å². The summed E-state index contributed by atoms with van der Waals surface area (Å²) in [5.74, 6) is 0.397. The lowest BCUT2D eigenvalue weighted by atomic mass is 10.0. The van der Waals surface area contributed by atoms with Crippen LogP contribution in [0.4, 0.5) is 10.5 Å². The zero-order valence-corrected chi connectivity index (χ0v) is 15.3. The Labute approximate surface area is 154 Å². The standard InChI is InChI=1S/C21H26N2O3/c1-16(2)18-10-12-19(13-11-18)23-20(24)9-6-14-22-21(25)26-15-17-7-4-3-5-8-17/h3-5,7-8,10-13,16H,6,9,14-15H2,1-2H3,(H,22,25)(H,23,24). The first-order chi connectivity index (χ1) is 12.5. The Kier molecular flexibility index (Phi) is 7.68. The van der Waals surface area contributed by atoms with Crippen molar-refractivity contribution in [1.82, 2.24) is 5.32 Å². The molecular weight excluding hydrogens is 328 g/mol. The first-order valence-electron chi connectivity index (χ1n) is 8.89. The molecule has 0 aliphatic heterocycles. The van der Waals surface area contributed by atoms with Gasteiger partial charge in [0.2, 0.25) is 5.91 Å². The predicted molar refractivity (Wildman–Crippen MR) is 103 cm³/mol. The van der Waals surface area contributed by atoms with E-state index < -0.39 is 6.09 Å². The Bertz CT molecular complexity index is 697. The summed E-state index contributed by atoms with van der Waals surface area (Å²) < 4.78 is 5.11. The van der Waals surface area contributed by atoms with Crippen LogP contribution in [0.25, 0.3) is 0 Å². The monoisotopic (exact) mass is 354 g/mol. The van der Waals surface area contributed by atoms with Crippen LogP contribution in [0.3, 0.4) is 0 Å². The molecule has 0 aromatic heterocycles. The fourth-order valence-electron chi connectivity index (χ4n) is 2.39. The third-order valence-corrected chi connectivity index (χ3v) is 3.92. The maximum absolute atomic E-state index is 11.9. The van der Waals surface area contributed by atoms with E-state index in [0.717, 1.165) is 11.3 Å². The number of nitrogens with one attached hydrogen (secondary N) is 2. The topological polar surface area (TPSA) is 67.4 Å². The number of hydrogen-bond donors (Lipinski definition) is 2. The highest BCUT2D eigenvalue weighted by Gasteiger charge is 2.05. The molecule has 2 aromatic carbocycles. The van der Waals surface area contributed by atoms with Crippen LogP contribution in [-0.2, 0) is 16.1 Å². The molecule has 2 amide bonds. The fourth-order valence-corrected chi connectivity index (χ4v) is 2.39. The quantitative estimate of drug-likeness (QED) is 0.688. The highest BCUT2D eigenvalue weighted by Crippen LogP contribution is 2.17. The first kappa shape index (κ1) is 19.5. The van der Waals surface area contributed by atoms with Gasteiger partial charge in [0.1, 0.15) is 6.61 Å². The summed E-state index contributed by atoms with van der Waals surface area (Å²) in [7, 11) is 0. The molecule has 0 aliphatic rings. The molecule has 0 unspecified atom stereocenters. The molecule has 0 aliphatic carbocycles. The zero-order chi connectivity index (χ0) is 18.8. The zero-order valence-electron chi connectivity index (χ0n) is 15.3. The van der Waals surface area contributed by atoms with E-state index in [2.05, 4.69) is 24.5 Å². The number of benzene rings is 2. The summed E-state index contributed by atoms with van der Waals surface area (Å²) in [6, 6.07) is 17.3. The second-order valence-corrected chi connectivity index (χ2v) is 6.42. The van der Waals surface area contributed by atoms with Crippen LogP contribution >= 0.6 is 0 Å². The number of carbonyl (C=O) groups excluding carboxylic acids is 2. The molecule has 0 radical (unpaired) electrons. The summed E-state index contributed by atoms with van der Waals surface area (Å²) in [6.45, 7) is 4.89. The van der Waals surface area contributed by atoms with Gasteiger partial charge in [-0.25, -0.2) is 4.79 Å². The third-order valence-electron chi connectivity index (χ3n) is 3.92. The molecule has 26 heavy (non-hydrogen) atoms. The van der Waals surface area contributed by atoms with E-state index >= 15 is 0 Å². The molecule has 5 heteroatoms. The molecule has 5 nitrogen and oxygen atoms in total. The van der Waals surface area contributed by atoms with Crippen molar-refractivity contribution < 1.29 is 14.3 Å². The minimum Gasteiger partial charge on any atom is -0.445 e. The van der Waals surface area contributed by atoms with Crippen molar-refractivity contribution in [3.05, 3.63) is 65.7 Å². The van der Waals surface area contributed by atoms with Gasteiger partial charge in [0.25, 0.3) is 0 Å². The van der Waals surface area contributed by atoms with Gasteiger partial charge in [-0.2, -0.15) is 0 Å². The smallest absolute Gasteiger partial charge is 0.407 e. The lowest BCUT2D eigenvalue weighted by Crippen LogP contribution is -2.26. The van der Waals surface area contributed by atoms with Crippen LogP contribution < -0.4 is 10.6 Å². The Morgan fingerprint density at radius 2 is 1.69 bits per heavy atom. The van der Waals surface area contributed by atoms with E-state index in [1.54, 1.807) is 0 Å². The van der Waals surface area contributed by atoms with E-state index in [1.807, 2.05) is 54.6 Å².